The van der Waals surface area contributed by atoms with Crippen LogP contribution in [-0.4, -0.2) is 7.11 Å². The highest BCUT2D eigenvalue weighted by Crippen LogP contribution is 2.31. The van der Waals surface area contributed by atoms with Crippen LogP contribution in [0.2, 0.25) is 0 Å². The molecule has 0 heterocycles. The SMILES string of the molecule is COc1ccc(C(N)c2c(F)cccc2Br)c(C)c1. The highest BCUT2D eigenvalue weighted by molar-refractivity contribution is 9.10. The fourth-order valence-corrected chi connectivity index (χ4v) is 2.68. The van der Waals surface area contributed by atoms with E-state index in [0.29, 0.717) is 10.0 Å². The molecule has 0 aromatic heterocycles. The van der Waals surface area contributed by atoms with Crippen LogP contribution in [0.5, 0.6) is 5.75 Å². The van der Waals surface area contributed by atoms with E-state index < -0.39 is 6.04 Å². The molecule has 100 valence electrons. The van der Waals surface area contributed by atoms with Crippen molar-refractivity contribution in [2.45, 2.75) is 13.0 Å². The number of halogens is 2. The molecule has 0 aliphatic rings. The third kappa shape index (κ3) is 2.80. The summed E-state index contributed by atoms with van der Waals surface area (Å²) in [7, 11) is 1.61. The standard InChI is InChI=1S/C15H15BrFNO/c1-9-8-10(19-2)6-7-11(9)15(18)14-12(16)4-3-5-13(14)17/h3-8,15H,18H2,1-2H3. The monoisotopic (exact) mass is 323 g/mol. The molecule has 19 heavy (non-hydrogen) atoms. The van der Waals surface area contributed by atoms with E-state index in [-0.39, 0.29) is 5.82 Å². The molecule has 0 amide bonds. The van der Waals surface area contributed by atoms with E-state index in [1.54, 1.807) is 19.2 Å². The maximum Gasteiger partial charge on any atom is 0.129 e. The molecule has 0 aliphatic heterocycles. The molecule has 4 heteroatoms. The van der Waals surface area contributed by atoms with Crippen LogP contribution < -0.4 is 10.5 Å². The van der Waals surface area contributed by atoms with Crippen molar-refractivity contribution in [2.24, 2.45) is 5.73 Å². The molecule has 0 bridgehead atoms. The van der Waals surface area contributed by atoms with Gasteiger partial charge in [0.05, 0.1) is 13.2 Å². The van der Waals surface area contributed by atoms with E-state index in [9.17, 15) is 4.39 Å². The number of ether oxygens (including phenoxy) is 1. The number of methoxy groups -OCH3 is 1. The molecule has 2 aromatic rings. The fourth-order valence-electron chi connectivity index (χ4n) is 2.09. The second kappa shape index (κ2) is 5.72. The van der Waals surface area contributed by atoms with Gasteiger partial charge in [0.1, 0.15) is 11.6 Å². The summed E-state index contributed by atoms with van der Waals surface area (Å²) in [6.45, 7) is 1.94. The molecule has 0 spiro atoms. The van der Waals surface area contributed by atoms with Gasteiger partial charge in [0.15, 0.2) is 0 Å². The predicted octanol–water partition coefficient (Wildman–Crippen LogP) is 3.95. The summed E-state index contributed by atoms with van der Waals surface area (Å²) in [5, 5.41) is 0. The first-order valence-corrected chi connectivity index (χ1v) is 6.68. The van der Waals surface area contributed by atoms with Gasteiger partial charge in [0.25, 0.3) is 0 Å². The summed E-state index contributed by atoms with van der Waals surface area (Å²) in [4.78, 5) is 0. The van der Waals surface area contributed by atoms with Crippen molar-refractivity contribution in [1.82, 2.24) is 0 Å². The van der Waals surface area contributed by atoms with Crippen molar-refractivity contribution in [1.29, 1.82) is 0 Å². The minimum Gasteiger partial charge on any atom is -0.497 e. The Morgan fingerprint density at radius 1 is 1.26 bits per heavy atom. The Balaban J connectivity index is 2.47. The van der Waals surface area contributed by atoms with E-state index in [2.05, 4.69) is 15.9 Å². The van der Waals surface area contributed by atoms with Gasteiger partial charge in [-0.3, -0.25) is 0 Å². The number of rotatable bonds is 3. The van der Waals surface area contributed by atoms with Gasteiger partial charge in [0.2, 0.25) is 0 Å². The summed E-state index contributed by atoms with van der Waals surface area (Å²) >= 11 is 3.35. The third-order valence-electron chi connectivity index (χ3n) is 3.12. The lowest BCUT2D eigenvalue weighted by Crippen LogP contribution is -2.15. The molecule has 2 rings (SSSR count). The summed E-state index contributed by atoms with van der Waals surface area (Å²) < 4.78 is 19.8. The summed E-state index contributed by atoms with van der Waals surface area (Å²) in [5.74, 6) is 0.457. The molecule has 0 saturated heterocycles. The van der Waals surface area contributed by atoms with Crippen LogP contribution in [0, 0.1) is 12.7 Å². The largest absolute Gasteiger partial charge is 0.497 e. The fraction of sp³-hybridized carbons (Fsp3) is 0.200. The Bertz CT molecular complexity index is 580. The normalized spacial score (nSPS) is 12.3. The number of aryl methyl sites for hydroxylation is 1. The summed E-state index contributed by atoms with van der Waals surface area (Å²) in [5.41, 5.74) is 8.52. The lowest BCUT2D eigenvalue weighted by Gasteiger charge is -2.18. The van der Waals surface area contributed by atoms with E-state index in [4.69, 9.17) is 10.5 Å². The van der Waals surface area contributed by atoms with Crippen LogP contribution in [0.4, 0.5) is 4.39 Å². The van der Waals surface area contributed by atoms with E-state index in [1.165, 1.54) is 6.07 Å². The van der Waals surface area contributed by atoms with Crippen LogP contribution in [0.3, 0.4) is 0 Å². The first-order valence-electron chi connectivity index (χ1n) is 5.88. The molecule has 2 N–H and O–H groups in total. The molecule has 1 atom stereocenters. The average Bonchev–Trinajstić information content (AvgIpc) is 2.38. The molecule has 2 aromatic carbocycles. The van der Waals surface area contributed by atoms with Crippen molar-refractivity contribution < 1.29 is 9.13 Å². The number of nitrogens with two attached hydrogens (primary N) is 1. The summed E-state index contributed by atoms with van der Waals surface area (Å²) in [6.07, 6.45) is 0. The third-order valence-corrected chi connectivity index (χ3v) is 3.81. The average molecular weight is 324 g/mol. The number of benzene rings is 2. The quantitative estimate of drug-likeness (QED) is 0.928. The van der Waals surface area contributed by atoms with Crippen molar-refractivity contribution >= 4 is 15.9 Å². The zero-order valence-electron chi connectivity index (χ0n) is 10.8. The number of hydrogen-bond acceptors (Lipinski definition) is 2. The van der Waals surface area contributed by atoms with Crippen molar-refractivity contribution in [3.63, 3.8) is 0 Å². The highest BCUT2D eigenvalue weighted by Gasteiger charge is 2.18. The minimum atomic E-state index is -0.513. The molecule has 0 fully saturated rings. The van der Waals surface area contributed by atoms with Crippen molar-refractivity contribution in [3.05, 3.63) is 63.4 Å². The lowest BCUT2D eigenvalue weighted by atomic mass is 9.95. The van der Waals surface area contributed by atoms with Gasteiger partial charge in [-0.25, -0.2) is 4.39 Å². The summed E-state index contributed by atoms with van der Waals surface area (Å²) in [6, 6.07) is 9.94. The first kappa shape index (κ1) is 14.0. The number of hydrogen-bond donors (Lipinski definition) is 1. The topological polar surface area (TPSA) is 35.2 Å². The van der Waals surface area contributed by atoms with Gasteiger partial charge in [0, 0.05) is 10.0 Å². The maximum atomic E-state index is 13.9. The van der Waals surface area contributed by atoms with E-state index in [0.717, 1.165) is 16.9 Å². The Labute approximate surface area is 120 Å². The van der Waals surface area contributed by atoms with Gasteiger partial charge in [-0.2, -0.15) is 0 Å². The first-order chi connectivity index (χ1) is 9.04. The molecule has 0 radical (unpaired) electrons. The second-order valence-corrected chi connectivity index (χ2v) is 5.19. The van der Waals surface area contributed by atoms with Gasteiger partial charge in [-0.05, 0) is 42.3 Å². The zero-order chi connectivity index (χ0) is 14.0. The second-order valence-electron chi connectivity index (χ2n) is 4.34. The van der Waals surface area contributed by atoms with Crippen LogP contribution in [0.15, 0.2) is 40.9 Å². The molecule has 1 unspecified atom stereocenters. The van der Waals surface area contributed by atoms with E-state index >= 15 is 0 Å². The molecular weight excluding hydrogens is 309 g/mol. The zero-order valence-corrected chi connectivity index (χ0v) is 12.4. The van der Waals surface area contributed by atoms with Crippen LogP contribution in [0.25, 0.3) is 0 Å². The lowest BCUT2D eigenvalue weighted by molar-refractivity contribution is 0.414. The maximum absolute atomic E-state index is 13.9. The minimum absolute atomic E-state index is 0.308. The van der Waals surface area contributed by atoms with Crippen LogP contribution in [-0.2, 0) is 0 Å². The van der Waals surface area contributed by atoms with Gasteiger partial charge < -0.3 is 10.5 Å². The Kier molecular flexibility index (Phi) is 4.22. The van der Waals surface area contributed by atoms with E-state index in [1.807, 2.05) is 25.1 Å². The van der Waals surface area contributed by atoms with Crippen LogP contribution >= 0.6 is 15.9 Å². The van der Waals surface area contributed by atoms with Crippen LogP contribution in [0.1, 0.15) is 22.7 Å². The Morgan fingerprint density at radius 2 is 2.00 bits per heavy atom. The molecule has 0 saturated carbocycles. The smallest absolute Gasteiger partial charge is 0.129 e. The van der Waals surface area contributed by atoms with Gasteiger partial charge in [-0.1, -0.05) is 28.1 Å². The molecule has 0 aliphatic carbocycles. The van der Waals surface area contributed by atoms with Gasteiger partial charge >= 0.3 is 0 Å². The predicted molar refractivity (Wildman–Crippen MR) is 77.9 cm³/mol. The van der Waals surface area contributed by atoms with Gasteiger partial charge in [-0.15, -0.1) is 0 Å². The highest BCUT2D eigenvalue weighted by atomic mass is 79.9. The van der Waals surface area contributed by atoms with Crippen molar-refractivity contribution in [2.75, 3.05) is 7.11 Å². The molecular formula is C15H15BrFNO. The molecule has 2 nitrogen and oxygen atoms in total. The van der Waals surface area contributed by atoms with Crippen molar-refractivity contribution in [3.8, 4) is 5.75 Å². The Hall–Kier alpha value is -1.39. The Morgan fingerprint density at radius 3 is 2.58 bits per heavy atom.